The minimum absolute atomic E-state index is 0.887. The molecule has 0 fully saturated rings. The molecule has 0 unspecified atom stereocenters. The second-order valence-corrected chi connectivity index (χ2v) is 3.89. The van der Waals surface area contributed by atoms with Crippen LogP contribution in [0, 0.1) is 13.8 Å². The summed E-state index contributed by atoms with van der Waals surface area (Å²) in [5, 5.41) is 0. The van der Waals surface area contributed by atoms with Crippen molar-refractivity contribution in [1.29, 1.82) is 0 Å². The number of nitrogens with two attached hydrogens (primary N) is 2. The van der Waals surface area contributed by atoms with Gasteiger partial charge < -0.3 is 11.5 Å². The Bertz CT molecular complexity index is 332. The number of hydrogen-bond donors (Lipinski definition) is 2. The van der Waals surface area contributed by atoms with Gasteiger partial charge >= 0.3 is 0 Å². The van der Waals surface area contributed by atoms with E-state index in [1.807, 2.05) is 6.92 Å². The molecule has 2 rings (SSSR count). The highest BCUT2D eigenvalue weighted by atomic mass is 14.6. The van der Waals surface area contributed by atoms with Gasteiger partial charge in [0.1, 0.15) is 0 Å². The fourth-order valence-corrected chi connectivity index (χ4v) is 2.27. The summed E-state index contributed by atoms with van der Waals surface area (Å²) < 4.78 is 0. The summed E-state index contributed by atoms with van der Waals surface area (Å²) >= 11 is 0. The van der Waals surface area contributed by atoms with Crippen LogP contribution < -0.4 is 11.5 Å². The third-order valence-corrected chi connectivity index (χ3v) is 3.21. The molecule has 13 heavy (non-hydrogen) atoms. The van der Waals surface area contributed by atoms with Crippen molar-refractivity contribution in [3.63, 3.8) is 0 Å². The average Bonchev–Trinajstić information content (AvgIpc) is 2.59. The van der Waals surface area contributed by atoms with Gasteiger partial charge in [0.15, 0.2) is 0 Å². The maximum Gasteiger partial charge on any atom is 0.0399 e. The fourth-order valence-electron chi connectivity index (χ4n) is 2.27. The highest BCUT2D eigenvalue weighted by Gasteiger charge is 2.19. The minimum atomic E-state index is 0.887. The first kappa shape index (κ1) is 8.42. The first-order valence-corrected chi connectivity index (χ1v) is 4.78. The second kappa shape index (κ2) is 2.66. The van der Waals surface area contributed by atoms with E-state index in [2.05, 4.69) is 6.92 Å². The van der Waals surface area contributed by atoms with Gasteiger partial charge in [0.25, 0.3) is 0 Å². The lowest BCUT2D eigenvalue weighted by molar-refractivity contribution is 0.910. The van der Waals surface area contributed by atoms with Gasteiger partial charge in [0.2, 0.25) is 0 Å². The van der Waals surface area contributed by atoms with Gasteiger partial charge in [-0.15, -0.1) is 0 Å². The zero-order chi connectivity index (χ0) is 9.59. The molecule has 0 atom stereocenters. The molecule has 1 aromatic rings. The summed E-state index contributed by atoms with van der Waals surface area (Å²) in [6, 6.07) is 0. The van der Waals surface area contributed by atoms with Crippen molar-refractivity contribution in [2.24, 2.45) is 0 Å². The highest BCUT2D eigenvalue weighted by molar-refractivity contribution is 5.72. The molecule has 0 spiro atoms. The zero-order valence-electron chi connectivity index (χ0n) is 8.28. The summed E-state index contributed by atoms with van der Waals surface area (Å²) in [6.45, 7) is 4.11. The van der Waals surface area contributed by atoms with Gasteiger partial charge in [-0.25, -0.2) is 0 Å². The Kier molecular flexibility index (Phi) is 1.72. The van der Waals surface area contributed by atoms with Crippen molar-refractivity contribution in [2.75, 3.05) is 11.5 Å². The molecule has 0 bridgehead atoms. The van der Waals surface area contributed by atoms with E-state index in [0.29, 0.717) is 0 Å². The Balaban J connectivity index is 2.77. The number of benzene rings is 1. The number of anilines is 2. The van der Waals surface area contributed by atoms with Gasteiger partial charge in [-0.1, -0.05) is 0 Å². The normalized spacial score (nSPS) is 14.6. The van der Waals surface area contributed by atoms with Crippen molar-refractivity contribution in [3.8, 4) is 0 Å². The standard InChI is InChI=1S/C11H16N2/c1-6-8-4-3-5-9(8)11(13)7(2)10(6)12/h3-5,12-13H2,1-2H3. The molecule has 2 nitrogen and oxygen atoms in total. The van der Waals surface area contributed by atoms with Crippen LogP contribution in [0.2, 0.25) is 0 Å². The van der Waals surface area contributed by atoms with E-state index in [0.717, 1.165) is 29.8 Å². The van der Waals surface area contributed by atoms with Crippen molar-refractivity contribution >= 4 is 11.4 Å². The number of rotatable bonds is 0. The van der Waals surface area contributed by atoms with Crippen LogP contribution in [0.1, 0.15) is 28.7 Å². The summed E-state index contributed by atoms with van der Waals surface area (Å²) in [7, 11) is 0. The summed E-state index contributed by atoms with van der Waals surface area (Å²) in [5.74, 6) is 0. The predicted molar refractivity (Wildman–Crippen MR) is 56.8 cm³/mol. The van der Waals surface area contributed by atoms with Gasteiger partial charge in [0, 0.05) is 11.4 Å². The molecular formula is C11H16N2. The Morgan fingerprint density at radius 1 is 0.846 bits per heavy atom. The van der Waals surface area contributed by atoms with E-state index in [1.165, 1.54) is 23.1 Å². The van der Waals surface area contributed by atoms with Crippen LogP contribution in [-0.4, -0.2) is 0 Å². The van der Waals surface area contributed by atoms with Gasteiger partial charge in [0.05, 0.1) is 0 Å². The van der Waals surface area contributed by atoms with E-state index < -0.39 is 0 Å². The van der Waals surface area contributed by atoms with Crippen LogP contribution in [0.3, 0.4) is 0 Å². The largest absolute Gasteiger partial charge is 0.398 e. The molecule has 0 saturated heterocycles. The monoisotopic (exact) mass is 176 g/mol. The maximum atomic E-state index is 6.02. The highest BCUT2D eigenvalue weighted by Crippen LogP contribution is 2.36. The number of fused-ring (bicyclic) bond motifs is 1. The van der Waals surface area contributed by atoms with E-state index in [1.54, 1.807) is 0 Å². The second-order valence-electron chi connectivity index (χ2n) is 3.89. The van der Waals surface area contributed by atoms with E-state index in [9.17, 15) is 0 Å². The predicted octanol–water partition coefficient (Wildman–Crippen LogP) is 1.96. The molecule has 1 aliphatic carbocycles. The summed E-state index contributed by atoms with van der Waals surface area (Å²) in [6.07, 6.45) is 3.50. The van der Waals surface area contributed by atoms with Crippen LogP contribution in [0.4, 0.5) is 11.4 Å². The van der Waals surface area contributed by atoms with E-state index in [-0.39, 0.29) is 0 Å². The van der Waals surface area contributed by atoms with Crippen molar-refractivity contribution in [1.82, 2.24) is 0 Å². The van der Waals surface area contributed by atoms with E-state index >= 15 is 0 Å². The molecule has 0 saturated carbocycles. The Labute approximate surface area is 78.9 Å². The van der Waals surface area contributed by atoms with Crippen LogP contribution in [0.15, 0.2) is 0 Å². The Morgan fingerprint density at radius 2 is 1.46 bits per heavy atom. The molecule has 0 aromatic heterocycles. The minimum Gasteiger partial charge on any atom is -0.398 e. The Morgan fingerprint density at radius 3 is 2.15 bits per heavy atom. The number of nitrogen functional groups attached to an aromatic ring is 2. The molecule has 0 amide bonds. The van der Waals surface area contributed by atoms with Crippen LogP contribution in [0.25, 0.3) is 0 Å². The fraction of sp³-hybridized carbons (Fsp3) is 0.455. The Hall–Kier alpha value is -1.18. The van der Waals surface area contributed by atoms with Crippen molar-refractivity contribution in [3.05, 3.63) is 22.3 Å². The third-order valence-electron chi connectivity index (χ3n) is 3.21. The van der Waals surface area contributed by atoms with Crippen molar-refractivity contribution in [2.45, 2.75) is 33.1 Å². The lowest BCUT2D eigenvalue weighted by atomic mass is 9.96. The maximum absolute atomic E-state index is 6.02. The lowest BCUT2D eigenvalue weighted by Crippen LogP contribution is -2.04. The van der Waals surface area contributed by atoms with Crippen LogP contribution in [0.5, 0.6) is 0 Å². The van der Waals surface area contributed by atoms with Gasteiger partial charge in [-0.05, 0) is 55.4 Å². The lowest BCUT2D eigenvalue weighted by Gasteiger charge is -2.14. The molecule has 0 radical (unpaired) electrons. The summed E-state index contributed by atoms with van der Waals surface area (Å²) in [4.78, 5) is 0. The molecule has 1 aromatic carbocycles. The zero-order valence-corrected chi connectivity index (χ0v) is 8.28. The van der Waals surface area contributed by atoms with Crippen molar-refractivity contribution < 1.29 is 0 Å². The van der Waals surface area contributed by atoms with Crippen LogP contribution in [-0.2, 0) is 12.8 Å². The first-order valence-electron chi connectivity index (χ1n) is 4.78. The molecule has 0 heterocycles. The molecule has 1 aliphatic rings. The van der Waals surface area contributed by atoms with Crippen LogP contribution >= 0.6 is 0 Å². The smallest absolute Gasteiger partial charge is 0.0399 e. The topological polar surface area (TPSA) is 52.0 Å². The quantitative estimate of drug-likeness (QED) is 0.594. The molecule has 0 aliphatic heterocycles. The average molecular weight is 176 g/mol. The molecule has 4 N–H and O–H groups in total. The molecular weight excluding hydrogens is 160 g/mol. The third kappa shape index (κ3) is 1.01. The molecule has 2 heteroatoms. The van der Waals surface area contributed by atoms with Gasteiger partial charge in [-0.2, -0.15) is 0 Å². The number of hydrogen-bond acceptors (Lipinski definition) is 2. The SMILES string of the molecule is Cc1c(N)c(C)c2c(c1N)CCC2. The molecule has 70 valence electrons. The van der Waals surface area contributed by atoms with E-state index in [4.69, 9.17) is 11.5 Å². The first-order chi connectivity index (χ1) is 6.13. The summed E-state index contributed by atoms with van der Waals surface area (Å²) in [5.41, 5.74) is 18.9. The van der Waals surface area contributed by atoms with Gasteiger partial charge in [-0.3, -0.25) is 0 Å².